The quantitative estimate of drug-likeness (QED) is 0.106. The standard InChI is InChI=1S/C31H35IN2O11/c1-5-44-29(41)15(12-18(32)30(42)45-6-2)9-13-7-8-19(35)21-16(13)10-14-11-17-23(34(3)4)25(37)22(28(33)40)27(39)31(17,43)26(38)20(14)24(21)36/h7-8,12,14-15,17,23,35-36,39,43H,5-6,9-11H2,1-4H3,(H2,33,40)/b18-12-/t14-,15?,17-,23-,31-/m0/s1. The Morgan fingerprint density at radius 1 is 1.13 bits per heavy atom. The number of hydrogen-bond donors (Lipinski definition) is 5. The summed E-state index contributed by atoms with van der Waals surface area (Å²) in [6, 6.07) is 1.63. The Labute approximate surface area is 272 Å². The largest absolute Gasteiger partial charge is 0.508 e. The number of benzene rings is 1. The minimum atomic E-state index is -2.75. The summed E-state index contributed by atoms with van der Waals surface area (Å²) >= 11 is 1.77. The number of rotatable bonds is 9. The van der Waals surface area contributed by atoms with Crippen molar-refractivity contribution in [1.29, 1.82) is 0 Å². The van der Waals surface area contributed by atoms with E-state index < -0.39 is 75.9 Å². The van der Waals surface area contributed by atoms with E-state index in [4.69, 9.17) is 15.2 Å². The fraction of sp³-hybridized carbons (Fsp3) is 0.452. The summed E-state index contributed by atoms with van der Waals surface area (Å²) in [5.41, 5.74) is 2.25. The third-order valence-electron chi connectivity index (χ3n) is 8.55. The van der Waals surface area contributed by atoms with Crippen molar-refractivity contribution in [3.05, 3.63) is 55.4 Å². The van der Waals surface area contributed by atoms with Gasteiger partial charge in [0.05, 0.1) is 34.3 Å². The van der Waals surface area contributed by atoms with Crippen molar-refractivity contribution in [1.82, 2.24) is 4.90 Å². The number of phenols is 1. The van der Waals surface area contributed by atoms with E-state index in [1.165, 1.54) is 31.1 Å². The number of aliphatic hydroxyl groups is 3. The van der Waals surface area contributed by atoms with Gasteiger partial charge < -0.3 is 35.6 Å². The number of fused-ring (bicyclic) bond motifs is 3. The summed E-state index contributed by atoms with van der Waals surface area (Å²) in [5.74, 6) is -9.68. The Kier molecular flexibility index (Phi) is 9.80. The summed E-state index contributed by atoms with van der Waals surface area (Å²) in [6.45, 7) is 3.51. The molecule has 0 saturated heterocycles. The second-order valence-corrected chi connectivity index (χ2v) is 12.5. The monoisotopic (exact) mass is 738 g/mol. The van der Waals surface area contributed by atoms with Gasteiger partial charge >= 0.3 is 11.9 Å². The summed E-state index contributed by atoms with van der Waals surface area (Å²) in [7, 11) is 3.04. The number of amides is 1. The molecule has 3 aliphatic rings. The zero-order valence-corrected chi connectivity index (χ0v) is 27.3. The molecule has 0 aliphatic heterocycles. The summed E-state index contributed by atoms with van der Waals surface area (Å²) in [6.07, 6.45) is 1.38. The number of esters is 2. The predicted molar refractivity (Wildman–Crippen MR) is 167 cm³/mol. The second kappa shape index (κ2) is 12.9. The Morgan fingerprint density at radius 2 is 1.78 bits per heavy atom. The zero-order chi connectivity index (χ0) is 33.5. The molecule has 0 bridgehead atoms. The van der Waals surface area contributed by atoms with Crippen LogP contribution in [0.1, 0.15) is 37.0 Å². The van der Waals surface area contributed by atoms with Crippen LogP contribution in [0.2, 0.25) is 0 Å². The van der Waals surface area contributed by atoms with Crippen LogP contribution in [-0.4, -0.2) is 93.7 Å². The third kappa shape index (κ3) is 5.74. The van der Waals surface area contributed by atoms with E-state index >= 15 is 0 Å². The van der Waals surface area contributed by atoms with Crippen LogP contribution < -0.4 is 5.73 Å². The van der Waals surface area contributed by atoms with Gasteiger partial charge in [-0.1, -0.05) is 6.07 Å². The fourth-order valence-electron chi connectivity index (χ4n) is 6.64. The molecule has 13 nitrogen and oxygen atoms in total. The molecule has 1 saturated carbocycles. The molecular weight excluding hydrogens is 703 g/mol. The molecule has 4 rings (SSSR count). The van der Waals surface area contributed by atoms with Gasteiger partial charge in [-0.25, -0.2) is 4.79 Å². The number of nitrogens with two attached hydrogens (primary N) is 1. The molecule has 14 heteroatoms. The number of aromatic hydroxyl groups is 1. The van der Waals surface area contributed by atoms with Crippen LogP contribution in [0, 0.1) is 17.8 Å². The molecular formula is C31H35IN2O11. The van der Waals surface area contributed by atoms with Crippen LogP contribution in [0.5, 0.6) is 5.75 Å². The highest BCUT2D eigenvalue weighted by Crippen LogP contribution is 2.53. The molecule has 5 atom stereocenters. The molecule has 0 radical (unpaired) electrons. The van der Waals surface area contributed by atoms with Gasteiger partial charge in [-0.2, -0.15) is 0 Å². The van der Waals surface area contributed by atoms with Crippen molar-refractivity contribution < 1.29 is 53.9 Å². The van der Waals surface area contributed by atoms with Gasteiger partial charge in [-0.05, 0) is 99.0 Å². The first kappa shape index (κ1) is 34.1. The molecule has 0 spiro atoms. The molecule has 1 aromatic rings. The molecule has 242 valence electrons. The average molecular weight is 739 g/mol. The number of primary amides is 1. The van der Waals surface area contributed by atoms with Gasteiger partial charge in [0.1, 0.15) is 22.8 Å². The lowest BCUT2D eigenvalue weighted by molar-refractivity contribution is -0.153. The molecule has 1 amide bonds. The summed E-state index contributed by atoms with van der Waals surface area (Å²) < 4.78 is 10.4. The zero-order valence-electron chi connectivity index (χ0n) is 25.1. The first-order valence-corrected chi connectivity index (χ1v) is 15.4. The summed E-state index contributed by atoms with van der Waals surface area (Å²) in [5, 5.41) is 45.1. The molecule has 6 N–H and O–H groups in total. The first-order valence-electron chi connectivity index (χ1n) is 14.3. The second-order valence-electron chi connectivity index (χ2n) is 11.4. The van der Waals surface area contributed by atoms with Crippen LogP contribution in [0.3, 0.4) is 0 Å². The number of likely N-dealkylation sites (N-methyl/N-ethyl adjacent to an activating group) is 1. The number of ether oxygens (including phenoxy) is 2. The van der Waals surface area contributed by atoms with Crippen molar-refractivity contribution >= 4 is 57.8 Å². The van der Waals surface area contributed by atoms with E-state index in [2.05, 4.69) is 0 Å². The molecule has 1 aromatic carbocycles. The van der Waals surface area contributed by atoms with Gasteiger partial charge in [0, 0.05) is 11.5 Å². The number of nitrogens with zero attached hydrogens (tertiary/aromatic N) is 1. The van der Waals surface area contributed by atoms with Crippen molar-refractivity contribution in [2.75, 3.05) is 27.3 Å². The van der Waals surface area contributed by atoms with Gasteiger partial charge in [-0.15, -0.1) is 0 Å². The van der Waals surface area contributed by atoms with Crippen molar-refractivity contribution in [3.63, 3.8) is 0 Å². The number of carbonyl (C=O) groups excluding carboxylic acids is 5. The van der Waals surface area contributed by atoms with Gasteiger partial charge in [-0.3, -0.25) is 24.1 Å². The highest BCUT2D eigenvalue weighted by Gasteiger charge is 2.64. The molecule has 0 heterocycles. The number of aliphatic hydroxyl groups excluding tert-OH is 2. The van der Waals surface area contributed by atoms with E-state index in [9.17, 15) is 44.4 Å². The molecule has 3 aliphatic carbocycles. The molecule has 1 fully saturated rings. The maximum atomic E-state index is 14.0. The van der Waals surface area contributed by atoms with Crippen LogP contribution in [0.15, 0.2) is 38.7 Å². The first-order chi connectivity index (χ1) is 21.1. The number of carbonyl (C=O) groups is 5. The number of hydrogen-bond acceptors (Lipinski definition) is 12. The Balaban J connectivity index is 1.86. The highest BCUT2D eigenvalue weighted by atomic mass is 127. The number of ketones is 2. The lowest BCUT2D eigenvalue weighted by Gasteiger charge is -2.50. The Morgan fingerprint density at radius 3 is 2.36 bits per heavy atom. The number of halogens is 1. The van der Waals surface area contributed by atoms with Crippen LogP contribution >= 0.6 is 22.6 Å². The van der Waals surface area contributed by atoms with Crippen molar-refractivity contribution in [2.24, 2.45) is 23.5 Å². The lowest BCUT2D eigenvalue weighted by atomic mass is 9.57. The SMILES string of the molecule is CCOC(=O)/C(I)=C/C(Cc1ccc(O)c2c1C[C@H]1C[C@H]3[C@H](N(C)C)C(=O)C(C(N)=O)=C(O)[C@@]3(O)C(=O)C1=C2O)C(=O)OCC. The highest BCUT2D eigenvalue weighted by molar-refractivity contribution is 14.1. The van der Waals surface area contributed by atoms with E-state index in [1.807, 2.05) is 0 Å². The molecule has 0 aromatic heterocycles. The van der Waals surface area contributed by atoms with Crippen LogP contribution in [0.4, 0.5) is 0 Å². The maximum Gasteiger partial charge on any atom is 0.344 e. The van der Waals surface area contributed by atoms with E-state index in [-0.39, 0.29) is 52.9 Å². The van der Waals surface area contributed by atoms with Gasteiger partial charge in [0.15, 0.2) is 11.4 Å². The van der Waals surface area contributed by atoms with Gasteiger partial charge in [0.25, 0.3) is 5.91 Å². The minimum Gasteiger partial charge on any atom is -0.508 e. The fourth-order valence-corrected chi connectivity index (χ4v) is 7.23. The Hall–Kier alpha value is -3.76. The summed E-state index contributed by atoms with van der Waals surface area (Å²) in [4.78, 5) is 66.2. The smallest absolute Gasteiger partial charge is 0.344 e. The molecule has 45 heavy (non-hydrogen) atoms. The number of phenolic OH excluding ortho intramolecular Hbond substituents is 1. The van der Waals surface area contributed by atoms with E-state index in [1.54, 1.807) is 42.5 Å². The number of Topliss-reactive ketones (excluding diaryl/α,β-unsaturated/α-hetero) is 2. The Bertz CT molecular complexity index is 1580. The minimum absolute atomic E-state index is 0.00565. The van der Waals surface area contributed by atoms with Crippen LogP contribution in [-0.2, 0) is 46.3 Å². The normalized spacial score (nSPS) is 25.4. The maximum absolute atomic E-state index is 14.0. The van der Waals surface area contributed by atoms with Gasteiger partial charge in [0.2, 0.25) is 5.78 Å². The third-order valence-corrected chi connectivity index (χ3v) is 9.35. The van der Waals surface area contributed by atoms with E-state index in [0.29, 0.717) is 11.1 Å². The van der Waals surface area contributed by atoms with Crippen LogP contribution in [0.25, 0.3) is 5.76 Å². The average Bonchev–Trinajstić information content (AvgIpc) is 2.95. The lowest BCUT2D eigenvalue weighted by Crippen LogP contribution is -2.65. The van der Waals surface area contributed by atoms with Crippen molar-refractivity contribution in [3.8, 4) is 5.75 Å². The predicted octanol–water partition coefficient (Wildman–Crippen LogP) is 1.57. The topological polar surface area (TPSA) is 214 Å². The van der Waals surface area contributed by atoms with E-state index in [0.717, 1.165) is 0 Å². The molecule has 1 unspecified atom stereocenters. The van der Waals surface area contributed by atoms with Crippen molar-refractivity contribution in [2.45, 2.75) is 44.8 Å².